The Kier molecular flexibility index (Phi) is 4.72. The van der Waals surface area contributed by atoms with Crippen molar-refractivity contribution in [3.05, 3.63) is 40.5 Å². The average molecular weight is 326 g/mol. The highest BCUT2D eigenvalue weighted by molar-refractivity contribution is 9.10. The van der Waals surface area contributed by atoms with Gasteiger partial charge in [-0.2, -0.15) is 5.10 Å². The number of halogens is 1. The number of nitrogens with two attached hydrogens (primary N) is 1. The minimum absolute atomic E-state index is 0.714. The number of anilines is 1. The van der Waals surface area contributed by atoms with Gasteiger partial charge in [-0.25, -0.2) is 4.68 Å². The van der Waals surface area contributed by atoms with Gasteiger partial charge in [0.25, 0.3) is 0 Å². The molecule has 96 valence electrons. The van der Waals surface area contributed by atoms with Crippen molar-refractivity contribution in [3.8, 4) is 0 Å². The van der Waals surface area contributed by atoms with Crippen LogP contribution in [0.1, 0.15) is 18.9 Å². The summed E-state index contributed by atoms with van der Waals surface area (Å²) in [6.45, 7) is 2.88. The predicted octanol–water partition coefficient (Wildman–Crippen LogP) is 3.78. The monoisotopic (exact) mass is 325 g/mol. The molecule has 0 bridgehead atoms. The van der Waals surface area contributed by atoms with Gasteiger partial charge in [-0.15, -0.1) is 11.8 Å². The summed E-state index contributed by atoms with van der Waals surface area (Å²) in [6.07, 6.45) is 3.00. The lowest BCUT2D eigenvalue weighted by Gasteiger charge is -2.05. The van der Waals surface area contributed by atoms with E-state index in [1.807, 2.05) is 23.0 Å². The predicted molar refractivity (Wildman–Crippen MR) is 80.9 cm³/mol. The molecule has 0 saturated carbocycles. The minimum atomic E-state index is 0.714. The second-order valence-corrected chi connectivity index (χ2v) is 6.08. The number of thioether (sulfide) groups is 1. The SMILES string of the molecule is CCCSc1cnn(Cc2ccc(Br)cc2)c1N. The van der Waals surface area contributed by atoms with Crippen LogP contribution in [-0.4, -0.2) is 15.5 Å². The van der Waals surface area contributed by atoms with Crippen LogP contribution in [-0.2, 0) is 6.54 Å². The van der Waals surface area contributed by atoms with E-state index in [0.29, 0.717) is 6.54 Å². The minimum Gasteiger partial charge on any atom is -0.383 e. The molecule has 1 aromatic carbocycles. The van der Waals surface area contributed by atoms with Gasteiger partial charge in [-0.05, 0) is 29.9 Å². The Bertz CT molecular complexity index is 507. The molecule has 2 N–H and O–H groups in total. The zero-order chi connectivity index (χ0) is 13.0. The molecule has 0 aliphatic carbocycles. The number of nitrogen functional groups attached to an aromatic ring is 1. The van der Waals surface area contributed by atoms with Crippen molar-refractivity contribution in [2.24, 2.45) is 0 Å². The number of hydrogen-bond acceptors (Lipinski definition) is 3. The highest BCUT2D eigenvalue weighted by Gasteiger charge is 2.07. The summed E-state index contributed by atoms with van der Waals surface area (Å²) in [5.74, 6) is 1.84. The third kappa shape index (κ3) is 3.29. The van der Waals surface area contributed by atoms with Crippen LogP contribution < -0.4 is 5.73 Å². The molecule has 0 radical (unpaired) electrons. The normalized spacial score (nSPS) is 10.8. The maximum absolute atomic E-state index is 6.09. The van der Waals surface area contributed by atoms with Crippen LogP contribution in [0, 0.1) is 0 Å². The van der Waals surface area contributed by atoms with Crippen LogP contribution in [0.25, 0.3) is 0 Å². The lowest BCUT2D eigenvalue weighted by molar-refractivity contribution is 0.696. The molecule has 2 aromatic rings. The molecule has 1 heterocycles. The third-order valence-electron chi connectivity index (χ3n) is 2.55. The van der Waals surface area contributed by atoms with E-state index < -0.39 is 0 Å². The smallest absolute Gasteiger partial charge is 0.135 e. The molecule has 0 saturated heterocycles. The zero-order valence-electron chi connectivity index (χ0n) is 10.3. The second-order valence-electron chi connectivity index (χ2n) is 4.03. The Labute approximate surface area is 120 Å². The van der Waals surface area contributed by atoms with Crippen LogP contribution in [0.2, 0.25) is 0 Å². The van der Waals surface area contributed by atoms with Crippen molar-refractivity contribution in [2.75, 3.05) is 11.5 Å². The molecular weight excluding hydrogens is 310 g/mol. The Morgan fingerprint density at radius 2 is 2.06 bits per heavy atom. The fourth-order valence-electron chi connectivity index (χ4n) is 1.59. The molecule has 5 heteroatoms. The van der Waals surface area contributed by atoms with Crippen molar-refractivity contribution in [3.63, 3.8) is 0 Å². The molecule has 0 unspecified atom stereocenters. The highest BCUT2D eigenvalue weighted by Crippen LogP contribution is 2.25. The number of benzene rings is 1. The first kappa shape index (κ1) is 13.5. The molecule has 3 nitrogen and oxygen atoms in total. The largest absolute Gasteiger partial charge is 0.383 e. The Balaban J connectivity index is 2.09. The fraction of sp³-hybridized carbons (Fsp3) is 0.308. The zero-order valence-corrected chi connectivity index (χ0v) is 12.7. The maximum atomic E-state index is 6.09. The van der Waals surface area contributed by atoms with Crippen molar-refractivity contribution in [2.45, 2.75) is 24.8 Å². The van der Waals surface area contributed by atoms with Crippen LogP contribution in [0.3, 0.4) is 0 Å². The van der Waals surface area contributed by atoms with Gasteiger partial charge in [-0.1, -0.05) is 35.0 Å². The van der Waals surface area contributed by atoms with E-state index >= 15 is 0 Å². The molecule has 0 aliphatic heterocycles. The maximum Gasteiger partial charge on any atom is 0.135 e. The molecule has 1 aromatic heterocycles. The molecule has 18 heavy (non-hydrogen) atoms. The summed E-state index contributed by atoms with van der Waals surface area (Å²) < 4.78 is 2.93. The highest BCUT2D eigenvalue weighted by atomic mass is 79.9. The van der Waals surface area contributed by atoms with Crippen molar-refractivity contribution in [1.29, 1.82) is 0 Å². The van der Waals surface area contributed by atoms with Gasteiger partial charge < -0.3 is 5.73 Å². The van der Waals surface area contributed by atoms with E-state index in [2.05, 4.69) is 40.1 Å². The number of aromatic nitrogens is 2. The molecule has 0 amide bonds. The summed E-state index contributed by atoms with van der Waals surface area (Å²) in [7, 11) is 0. The standard InChI is InChI=1S/C13H16BrN3S/c1-2-7-18-12-8-16-17(13(12)15)9-10-3-5-11(14)6-4-10/h3-6,8H,2,7,9,15H2,1H3. The summed E-state index contributed by atoms with van der Waals surface area (Å²) in [4.78, 5) is 1.08. The second kappa shape index (κ2) is 6.29. The van der Waals surface area contributed by atoms with Crippen molar-refractivity contribution < 1.29 is 0 Å². The lowest BCUT2D eigenvalue weighted by Crippen LogP contribution is -2.06. The van der Waals surface area contributed by atoms with E-state index in [0.717, 1.165) is 27.4 Å². The third-order valence-corrected chi connectivity index (χ3v) is 4.32. The first-order valence-corrected chi connectivity index (χ1v) is 7.67. The van der Waals surface area contributed by atoms with E-state index in [-0.39, 0.29) is 0 Å². The first-order chi connectivity index (χ1) is 8.70. The fourth-order valence-corrected chi connectivity index (χ4v) is 2.65. The Morgan fingerprint density at radius 1 is 1.33 bits per heavy atom. The first-order valence-electron chi connectivity index (χ1n) is 5.89. The molecule has 0 fully saturated rings. The number of rotatable bonds is 5. The van der Waals surface area contributed by atoms with E-state index in [9.17, 15) is 0 Å². The Morgan fingerprint density at radius 3 is 2.72 bits per heavy atom. The van der Waals surface area contributed by atoms with Gasteiger partial charge in [0.1, 0.15) is 5.82 Å². The Hall–Kier alpha value is -0.940. The van der Waals surface area contributed by atoms with Crippen LogP contribution in [0.4, 0.5) is 5.82 Å². The quantitative estimate of drug-likeness (QED) is 0.851. The van der Waals surface area contributed by atoms with Gasteiger partial charge in [0.2, 0.25) is 0 Å². The van der Waals surface area contributed by atoms with Gasteiger partial charge in [0.15, 0.2) is 0 Å². The molecule has 0 atom stereocenters. The van der Waals surface area contributed by atoms with Crippen LogP contribution >= 0.6 is 27.7 Å². The summed E-state index contributed by atoms with van der Waals surface area (Å²) in [5.41, 5.74) is 7.29. The van der Waals surface area contributed by atoms with E-state index in [1.165, 1.54) is 5.56 Å². The van der Waals surface area contributed by atoms with E-state index in [4.69, 9.17) is 5.73 Å². The van der Waals surface area contributed by atoms with Gasteiger partial charge in [0.05, 0.1) is 17.6 Å². The molecule has 2 rings (SSSR count). The van der Waals surface area contributed by atoms with Crippen LogP contribution in [0.15, 0.2) is 39.8 Å². The summed E-state index contributed by atoms with van der Waals surface area (Å²) in [5, 5.41) is 4.35. The average Bonchev–Trinajstić information content (AvgIpc) is 2.71. The van der Waals surface area contributed by atoms with E-state index in [1.54, 1.807) is 11.8 Å². The molecular formula is C13H16BrN3S. The van der Waals surface area contributed by atoms with Gasteiger partial charge >= 0.3 is 0 Å². The molecule has 0 spiro atoms. The van der Waals surface area contributed by atoms with Gasteiger partial charge in [-0.3, -0.25) is 0 Å². The van der Waals surface area contributed by atoms with Crippen molar-refractivity contribution >= 4 is 33.5 Å². The number of nitrogens with zero attached hydrogens (tertiary/aromatic N) is 2. The lowest BCUT2D eigenvalue weighted by atomic mass is 10.2. The summed E-state index contributed by atoms with van der Waals surface area (Å²) in [6, 6.07) is 8.21. The van der Waals surface area contributed by atoms with Gasteiger partial charge in [0, 0.05) is 4.47 Å². The topological polar surface area (TPSA) is 43.8 Å². The summed E-state index contributed by atoms with van der Waals surface area (Å²) >= 11 is 5.19. The number of hydrogen-bond donors (Lipinski definition) is 1. The van der Waals surface area contributed by atoms with Crippen molar-refractivity contribution in [1.82, 2.24) is 9.78 Å². The molecule has 0 aliphatic rings. The van der Waals surface area contributed by atoms with Crippen LogP contribution in [0.5, 0.6) is 0 Å².